The molecule has 36 heavy (non-hydrogen) atoms. The first kappa shape index (κ1) is 19.7. The molecular formula is C35H22O. The summed E-state index contributed by atoms with van der Waals surface area (Å²) >= 11 is 0. The topological polar surface area (TPSA) is 13.1 Å². The zero-order chi connectivity index (χ0) is 23.6. The van der Waals surface area contributed by atoms with Crippen molar-refractivity contribution in [3.8, 4) is 33.4 Å². The molecule has 0 saturated carbocycles. The van der Waals surface area contributed by atoms with Crippen molar-refractivity contribution in [1.29, 1.82) is 0 Å². The Morgan fingerprint density at radius 2 is 1.08 bits per heavy atom. The molecule has 0 aliphatic heterocycles. The van der Waals surface area contributed by atoms with Gasteiger partial charge in [-0.05, 0) is 74.5 Å². The summed E-state index contributed by atoms with van der Waals surface area (Å²) in [4.78, 5) is 0. The van der Waals surface area contributed by atoms with Gasteiger partial charge < -0.3 is 4.42 Å². The number of hydrogen-bond acceptors (Lipinski definition) is 1. The molecule has 0 spiro atoms. The molecule has 1 aliphatic rings. The Hall–Kier alpha value is -4.62. The standard InChI is InChI=1S/C35H22O/c1-3-9-22(10-4-1)24-15-16-27-25(17-24)18-26-19-34-32(20-31(26)27)33-21-30(23-11-5-2-6-12-23)28-13-7-8-14-29(28)35(33)36-34/h1-17,19-21H,18H2. The third-order valence-corrected chi connectivity index (χ3v) is 7.67. The van der Waals surface area contributed by atoms with Gasteiger partial charge in [-0.25, -0.2) is 0 Å². The van der Waals surface area contributed by atoms with Gasteiger partial charge in [0.1, 0.15) is 11.2 Å². The fourth-order valence-corrected chi connectivity index (χ4v) is 5.96. The highest BCUT2D eigenvalue weighted by Crippen LogP contribution is 2.45. The lowest BCUT2D eigenvalue weighted by Gasteiger charge is -2.08. The molecule has 8 rings (SSSR count). The van der Waals surface area contributed by atoms with E-state index < -0.39 is 0 Å². The molecule has 0 N–H and O–H groups in total. The molecule has 1 aromatic heterocycles. The molecule has 0 fully saturated rings. The van der Waals surface area contributed by atoms with Crippen LogP contribution in [0.25, 0.3) is 66.1 Å². The summed E-state index contributed by atoms with van der Waals surface area (Å²) in [5.41, 5.74) is 12.3. The second-order valence-electron chi connectivity index (χ2n) is 9.73. The van der Waals surface area contributed by atoms with Crippen LogP contribution in [-0.4, -0.2) is 0 Å². The molecule has 6 aromatic carbocycles. The van der Waals surface area contributed by atoms with E-state index in [2.05, 4.69) is 121 Å². The lowest BCUT2D eigenvalue weighted by molar-refractivity contribution is 0.672. The van der Waals surface area contributed by atoms with E-state index in [0.29, 0.717) is 0 Å². The van der Waals surface area contributed by atoms with Crippen LogP contribution in [-0.2, 0) is 6.42 Å². The van der Waals surface area contributed by atoms with Crippen molar-refractivity contribution in [1.82, 2.24) is 0 Å². The molecule has 0 amide bonds. The van der Waals surface area contributed by atoms with E-state index in [1.807, 2.05) is 0 Å². The Morgan fingerprint density at radius 3 is 1.89 bits per heavy atom. The van der Waals surface area contributed by atoms with Crippen LogP contribution in [0, 0.1) is 0 Å². The van der Waals surface area contributed by atoms with Crippen LogP contribution in [0.4, 0.5) is 0 Å². The molecule has 0 saturated heterocycles. The Balaban J connectivity index is 1.36. The van der Waals surface area contributed by atoms with Crippen LogP contribution in [0.2, 0.25) is 0 Å². The van der Waals surface area contributed by atoms with Gasteiger partial charge in [0.05, 0.1) is 0 Å². The molecule has 1 heterocycles. The van der Waals surface area contributed by atoms with Gasteiger partial charge in [0.2, 0.25) is 0 Å². The van der Waals surface area contributed by atoms with E-state index in [1.165, 1.54) is 60.7 Å². The smallest absolute Gasteiger partial charge is 0.143 e. The van der Waals surface area contributed by atoms with E-state index in [9.17, 15) is 0 Å². The maximum absolute atomic E-state index is 6.57. The number of hydrogen-bond donors (Lipinski definition) is 0. The second-order valence-corrected chi connectivity index (χ2v) is 9.73. The molecule has 7 aromatic rings. The van der Waals surface area contributed by atoms with Crippen molar-refractivity contribution in [2.24, 2.45) is 0 Å². The minimum absolute atomic E-state index is 0.939. The summed E-state index contributed by atoms with van der Waals surface area (Å²) < 4.78 is 6.57. The molecule has 0 unspecified atom stereocenters. The van der Waals surface area contributed by atoms with Gasteiger partial charge in [0, 0.05) is 16.2 Å². The average Bonchev–Trinajstić information content (AvgIpc) is 3.49. The third kappa shape index (κ3) is 2.83. The van der Waals surface area contributed by atoms with Crippen molar-refractivity contribution in [3.63, 3.8) is 0 Å². The third-order valence-electron chi connectivity index (χ3n) is 7.67. The van der Waals surface area contributed by atoms with Gasteiger partial charge in [0.25, 0.3) is 0 Å². The van der Waals surface area contributed by atoms with Crippen molar-refractivity contribution >= 4 is 32.7 Å². The maximum atomic E-state index is 6.57. The zero-order valence-electron chi connectivity index (χ0n) is 19.7. The van der Waals surface area contributed by atoms with Crippen LogP contribution >= 0.6 is 0 Å². The first-order valence-electron chi connectivity index (χ1n) is 12.5. The van der Waals surface area contributed by atoms with Crippen LogP contribution in [0.1, 0.15) is 11.1 Å². The number of furan rings is 1. The highest BCUT2D eigenvalue weighted by Gasteiger charge is 2.23. The lowest BCUT2D eigenvalue weighted by Crippen LogP contribution is -1.83. The molecule has 0 radical (unpaired) electrons. The summed E-state index contributed by atoms with van der Waals surface area (Å²) in [6.07, 6.45) is 0.939. The van der Waals surface area contributed by atoms with Crippen LogP contribution < -0.4 is 0 Å². The number of fused-ring (bicyclic) bond motifs is 8. The van der Waals surface area contributed by atoms with Crippen molar-refractivity contribution in [3.05, 3.63) is 132 Å². The molecule has 0 bridgehead atoms. The highest BCUT2D eigenvalue weighted by molar-refractivity contribution is 6.19. The quantitative estimate of drug-likeness (QED) is 0.251. The van der Waals surface area contributed by atoms with Gasteiger partial charge in [0.15, 0.2) is 0 Å². The van der Waals surface area contributed by atoms with E-state index in [4.69, 9.17) is 4.42 Å². The zero-order valence-corrected chi connectivity index (χ0v) is 19.7. The minimum Gasteiger partial charge on any atom is -0.455 e. The van der Waals surface area contributed by atoms with E-state index in [-0.39, 0.29) is 0 Å². The van der Waals surface area contributed by atoms with Gasteiger partial charge in [-0.3, -0.25) is 0 Å². The Kier molecular flexibility index (Phi) is 4.06. The Labute approximate surface area is 209 Å². The predicted octanol–water partition coefficient (Wildman–Crippen LogP) is 9.64. The fraction of sp³-hybridized carbons (Fsp3) is 0.0286. The van der Waals surface area contributed by atoms with Gasteiger partial charge in [-0.1, -0.05) is 103 Å². The summed E-state index contributed by atoms with van der Waals surface area (Å²) in [6, 6.07) is 43.7. The van der Waals surface area contributed by atoms with Gasteiger partial charge in [-0.15, -0.1) is 0 Å². The second kappa shape index (κ2) is 7.44. The fourth-order valence-electron chi connectivity index (χ4n) is 5.96. The largest absolute Gasteiger partial charge is 0.455 e. The molecule has 1 heteroatoms. The van der Waals surface area contributed by atoms with Crippen LogP contribution in [0.15, 0.2) is 126 Å². The Morgan fingerprint density at radius 1 is 0.417 bits per heavy atom. The lowest BCUT2D eigenvalue weighted by atomic mass is 9.94. The average molecular weight is 459 g/mol. The molecular weight excluding hydrogens is 436 g/mol. The van der Waals surface area contributed by atoms with Gasteiger partial charge in [-0.2, -0.15) is 0 Å². The summed E-state index contributed by atoms with van der Waals surface area (Å²) in [5.74, 6) is 0. The summed E-state index contributed by atoms with van der Waals surface area (Å²) in [7, 11) is 0. The van der Waals surface area contributed by atoms with Crippen molar-refractivity contribution < 1.29 is 4.42 Å². The van der Waals surface area contributed by atoms with Crippen LogP contribution in [0.5, 0.6) is 0 Å². The summed E-state index contributed by atoms with van der Waals surface area (Å²) in [6.45, 7) is 0. The number of rotatable bonds is 2. The van der Waals surface area contributed by atoms with E-state index >= 15 is 0 Å². The maximum Gasteiger partial charge on any atom is 0.143 e. The number of benzene rings is 6. The monoisotopic (exact) mass is 458 g/mol. The normalized spacial score (nSPS) is 12.3. The SMILES string of the molecule is c1ccc(-c2ccc3c(c2)Cc2cc4oc5c6ccccc6c(-c6ccccc6)cc5c4cc2-3)cc1. The summed E-state index contributed by atoms with van der Waals surface area (Å²) in [5, 5.41) is 4.76. The predicted molar refractivity (Wildman–Crippen MR) is 150 cm³/mol. The van der Waals surface area contributed by atoms with E-state index in [0.717, 1.165) is 23.0 Å². The highest BCUT2D eigenvalue weighted by atomic mass is 16.3. The first-order valence-corrected chi connectivity index (χ1v) is 12.5. The Bertz CT molecular complexity index is 1940. The first-order chi connectivity index (χ1) is 17.8. The minimum atomic E-state index is 0.939. The molecule has 0 atom stereocenters. The van der Waals surface area contributed by atoms with Crippen molar-refractivity contribution in [2.45, 2.75) is 6.42 Å². The molecule has 168 valence electrons. The van der Waals surface area contributed by atoms with Crippen molar-refractivity contribution in [2.75, 3.05) is 0 Å². The van der Waals surface area contributed by atoms with Gasteiger partial charge >= 0.3 is 0 Å². The molecule has 1 nitrogen and oxygen atoms in total. The molecule has 1 aliphatic carbocycles. The van der Waals surface area contributed by atoms with E-state index in [1.54, 1.807) is 0 Å². The van der Waals surface area contributed by atoms with Crippen LogP contribution in [0.3, 0.4) is 0 Å².